The van der Waals surface area contributed by atoms with Crippen molar-refractivity contribution in [2.45, 2.75) is 57.3 Å². The molecule has 2 bridgehead atoms. The number of alkyl halides is 3. The molecule has 3 unspecified atom stereocenters. The van der Waals surface area contributed by atoms with E-state index in [2.05, 4.69) is 25.3 Å². The molecule has 6 rings (SSSR count). The van der Waals surface area contributed by atoms with Gasteiger partial charge in [-0.3, -0.25) is 19.4 Å². The van der Waals surface area contributed by atoms with Crippen molar-refractivity contribution in [3.63, 3.8) is 0 Å². The summed E-state index contributed by atoms with van der Waals surface area (Å²) in [5.74, 6) is -1.80. The van der Waals surface area contributed by atoms with Gasteiger partial charge in [0.05, 0.1) is 45.6 Å². The Morgan fingerprint density at radius 2 is 1.90 bits per heavy atom. The van der Waals surface area contributed by atoms with E-state index >= 15 is 0 Å². The minimum Gasteiger partial charge on any atom is -0.504 e. The zero-order valence-corrected chi connectivity index (χ0v) is 27.2. The Labute approximate surface area is 278 Å². The molecule has 16 heteroatoms. The summed E-state index contributed by atoms with van der Waals surface area (Å²) in [6.07, 6.45) is -1.06. The molecule has 1 aliphatic carbocycles. The Morgan fingerprint density at radius 3 is 2.52 bits per heavy atom. The third-order valence-corrected chi connectivity index (χ3v) is 9.38. The van der Waals surface area contributed by atoms with Gasteiger partial charge < -0.3 is 25.1 Å². The molecule has 1 aromatic carbocycles. The Kier molecular flexibility index (Phi) is 8.52. The number of allylic oxidation sites excluding steroid dienone is 2. The average molecular weight is 685 g/mol. The van der Waals surface area contributed by atoms with Crippen LogP contribution in [0.15, 0.2) is 42.0 Å². The van der Waals surface area contributed by atoms with Gasteiger partial charge in [0.15, 0.2) is 11.4 Å². The van der Waals surface area contributed by atoms with E-state index in [9.17, 15) is 32.7 Å². The predicted octanol–water partition coefficient (Wildman–Crippen LogP) is 4.59. The lowest BCUT2D eigenvalue weighted by Gasteiger charge is -2.40. The second-order valence-corrected chi connectivity index (χ2v) is 12.6. The first-order chi connectivity index (χ1) is 22.7. The third kappa shape index (κ3) is 5.80. The minimum absolute atomic E-state index is 0.0181. The summed E-state index contributed by atoms with van der Waals surface area (Å²) >= 11 is 6.11. The number of aromatic hydroxyl groups is 1. The first kappa shape index (κ1) is 33.1. The van der Waals surface area contributed by atoms with Gasteiger partial charge in [-0.1, -0.05) is 18.5 Å². The number of Topliss-reactive ketones (excluding diaryl/α,β-unsaturated/α-hetero) is 1. The number of anilines is 2. The van der Waals surface area contributed by atoms with E-state index < -0.39 is 29.5 Å². The number of benzene rings is 1. The van der Waals surface area contributed by atoms with Crippen LogP contribution in [-0.4, -0.2) is 91.7 Å². The number of fused-ring (bicyclic) bond motifs is 3. The normalized spacial score (nSPS) is 20.3. The number of aryl methyl sites for hydroxylation is 1. The maximum atomic E-state index is 14.3. The first-order valence-corrected chi connectivity index (χ1v) is 15.6. The number of amides is 2. The zero-order valence-electron chi connectivity index (χ0n) is 26.5. The summed E-state index contributed by atoms with van der Waals surface area (Å²) in [7, 11) is 3.53. The second-order valence-electron chi connectivity index (χ2n) is 12.2. The molecule has 3 aliphatic rings. The molecule has 2 saturated heterocycles. The molecular weight excluding hydrogens is 653 g/mol. The van der Waals surface area contributed by atoms with Crippen molar-refractivity contribution in [3.05, 3.63) is 75.4 Å². The van der Waals surface area contributed by atoms with Crippen LogP contribution in [-0.2, 0) is 11.0 Å². The van der Waals surface area contributed by atoms with Crippen LogP contribution in [0.2, 0.25) is 5.02 Å². The fourth-order valence-corrected chi connectivity index (χ4v) is 6.92. The highest BCUT2D eigenvalue weighted by Crippen LogP contribution is 2.44. The molecule has 12 nitrogen and oxygen atoms in total. The lowest BCUT2D eigenvalue weighted by atomic mass is 9.80. The van der Waals surface area contributed by atoms with Gasteiger partial charge in [0.1, 0.15) is 17.8 Å². The van der Waals surface area contributed by atoms with E-state index in [1.165, 1.54) is 12.5 Å². The number of carbonyl (C=O) groups excluding carboxylic acids is 3. The number of carbonyl (C=O) groups is 3. The summed E-state index contributed by atoms with van der Waals surface area (Å²) in [6.45, 7) is 4.07. The van der Waals surface area contributed by atoms with Gasteiger partial charge in [-0.15, -0.1) is 0 Å². The molecule has 48 heavy (non-hydrogen) atoms. The van der Waals surface area contributed by atoms with E-state index in [-0.39, 0.29) is 64.4 Å². The van der Waals surface area contributed by atoms with Gasteiger partial charge in [0.2, 0.25) is 11.7 Å². The fourth-order valence-electron chi connectivity index (χ4n) is 6.69. The molecule has 2 N–H and O–H groups in total. The van der Waals surface area contributed by atoms with Gasteiger partial charge in [-0.05, 0) is 43.5 Å². The lowest BCUT2D eigenvalue weighted by molar-refractivity contribution is -0.137. The van der Waals surface area contributed by atoms with Crippen LogP contribution < -0.4 is 10.2 Å². The molecule has 3 atom stereocenters. The average Bonchev–Trinajstić information content (AvgIpc) is 3.65. The van der Waals surface area contributed by atoms with Crippen LogP contribution in [0.1, 0.15) is 70.0 Å². The number of likely N-dealkylation sites (tertiary alicyclic amines) is 2. The summed E-state index contributed by atoms with van der Waals surface area (Å²) in [6, 6.07) is 2.20. The Morgan fingerprint density at radius 1 is 1.15 bits per heavy atom. The van der Waals surface area contributed by atoms with Gasteiger partial charge >= 0.3 is 6.18 Å². The molecule has 2 aromatic heterocycles. The Bertz CT molecular complexity index is 1870. The van der Waals surface area contributed by atoms with Crippen LogP contribution in [0.25, 0.3) is 0 Å². The smallest absolute Gasteiger partial charge is 0.416 e. The molecule has 2 fully saturated rings. The monoisotopic (exact) mass is 684 g/mol. The first-order valence-electron chi connectivity index (χ1n) is 15.3. The maximum absolute atomic E-state index is 14.3. The molecular formula is C32H32ClF3N8O4. The second kappa shape index (κ2) is 12.3. The van der Waals surface area contributed by atoms with Gasteiger partial charge in [-0.2, -0.15) is 13.2 Å². The topological polar surface area (TPSA) is 145 Å². The van der Waals surface area contributed by atoms with Crippen molar-refractivity contribution >= 4 is 40.7 Å². The Hall–Kier alpha value is -4.79. The van der Waals surface area contributed by atoms with E-state index in [1.54, 1.807) is 30.8 Å². The van der Waals surface area contributed by atoms with Crippen molar-refractivity contribution in [2.75, 3.05) is 37.4 Å². The van der Waals surface area contributed by atoms with Crippen molar-refractivity contribution in [1.29, 1.82) is 0 Å². The summed E-state index contributed by atoms with van der Waals surface area (Å²) < 4.78 is 39.5. The SMILES string of the molecule is CCC1=C(N2CC3CC2CN3C(=O)c2ncnc(C)c2O)C(=O)c2nc(N(C)C)cnc2C1CC(=O)Nc1ccc(C(F)(F)F)cc1Cl. The summed E-state index contributed by atoms with van der Waals surface area (Å²) in [5.41, 5.74) is 0.794. The van der Waals surface area contributed by atoms with Crippen LogP contribution in [0.5, 0.6) is 5.75 Å². The zero-order chi connectivity index (χ0) is 34.7. The molecule has 0 radical (unpaired) electrons. The van der Waals surface area contributed by atoms with E-state index in [4.69, 9.17) is 11.6 Å². The van der Waals surface area contributed by atoms with Crippen molar-refractivity contribution in [1.82, 2.24) is 29.7 Å². The largest absolute Gasteiger partial charge is 0.504 e. The number of rotatable bonds is 7. The fraction of sp³-hybridized carbons (Fsp3) is 0.406. The van der Waals surface area contributed by atoms with Gasteiger partial charge in [0.25, 0.3) is 5.91 Å². The molecule has 252 valence electrons. The highest BCUT2D eigenvalue weighted by molar-refractivity contribution is 6.33. The number of hydrogen-bond acceptors (Lipinski definition) is 10. The number of nitrogens with zero attached hydrogens (tertiary/aromatic N) is 7. The van der Waals surface area contributed by atoms with E-state index in [0.29, 0.717) is 42.2 Å². The third-order valence-electron chi connectivity index (χ3n) is 9.07. The summed E-state index contributed by atoms with van der Waals surface area (Å²) in [4.78, 5) is 63.6. The van der Waals surface area contributed by atoms with E-state index in [1.807, 2.05) is 11.8 Å². The van der Waals surface area contributed by atoms with Crippen molar-refractivity contribution in [3.8, 4) is 5.75 Å². The molecule has 2 amide bonds. The minimum atomic E-state index is -4.60. The number of nitrogens with one attached hydrogen (secondary N) is 1. The lowest BCUT2D eigenvalue weighted by Crippen LogP contribution is -2.50. The number of ketones is 1. The van der Waals surface area contributed by atoms with Crippen molar-refractivity contribution < 1.29 is 32.7 Å². The molecule has 0 saturated carbocycles. The number of piperazine rings is 1. The maximum Gasteiger partial charge on any atom is 0.416 e. The predicted molar refractivity (Wildman–Crippen MR) is 169 cm³/mol. The number of halogens is 4. The highest BCUT2D eigenvalue weighted by atomic mass is 35.5. The van der Waals surface area contributed by atoms with Gasteiger partial charge in [0, 0.05) is 45.6 Å². The Balaban J connectivity index is 1.31. The number of aromatic nitrogens is 4. The van der Waals surface area contributed by atoms with Crippen LogP contribution in [0.4, 0.5) is 24.7 Å². The van der Waals surface area contributed by atoms with Crippen LogP contribution in [0, 0.1) is 6.92 Å². The molecule has 2 aliphatic heterocycles. The van der Waals surface area contributed by atoms with Gasteiger partial charge in [-0.25, -0.2) is 15.0 Å². The standard InChI is InChI=1S/C32H32ClF3N8O4/c1-5-19-20(10-24(45)40-22-7-6-16(8-21(22)33)32(34,35)36)25-26(41-23(11-37-25)42(3)4)30(47)28(19)43-12-18-9-17(43)13-44(18)31(48)27-29(46)15(2)38-14-39-27/h6-8,11,14,17-18,20,46H,5,9-10,12-13H2,1-4H3,(H,40,45). The summed E-state index contributed by atoms with van der Waals surface area (Å²) in [5, 5.41) is 12.8. The van der Waals surface area contributed by atoms with Crippen molar-refractivity contribution in [2.24, 2.45) is 0 Å². The molecule has 4 heterocycles. The molecule has 3 aromatic rings. The quantitative estimate of drug-likeness (QED) is 0.363. The molecule has 0 spiro atoms. The van der Waals surface area contributed by atoms with E-state index in [0.717, 1.165) is 18.2 Å². The van der Waals surface area contributed by atoms with Crippen LogP contribution in [0.3, 0.4) is 0 Å². The van der Waals surface area contributed by atoms with Crippen LogP contribution >= 0.6 is 11.6 Å². The highest BCUT2D eigenvalue weighted by Gasteiger charge is 2.50. The number of hydrogen-bond donors (Lipinski definition) is 2.